The van der Waals surface area contributed by atoms with Gasteiger partial charge in [-0.2, -0.15) is 0 Å². The van der Waals surface area contributed by atoms with Gasteiger partial charge in [-0.15, -0.1) is 0 Å². The third kappa shape index (κ3) is 8.96. The third-order valence-electron chi connectivity index (χ3n) is 7.60. The SMILES string of the molecule is CCCCNC(=O)[C@H](Cc1ccccc1)N(Cc1cccc(C)c1)C(=O)CN(c1ccccc1C)S(=O)(=O)c1ccc(Cl)cc1. The van der Waals surface area contributed by atoms with Crippen LogP contribution in [0.15, 0.2) is 108 Å². The van der Waals surface area contributed by atoms with E-state index in [1.807, 2.05) is 74.5 Å². The van der Waals surface area contributed by atoms with Crippen molar-refractivity contribution in [2.24, 2.45) is 0 Å². The fourth-order valence-corrected chi connectivity index (χ4v) is 6.76. The molecule has 0 aromatic heterocycles. The highest BCUT2D eigenvalue weighted by atomic mass is 35.5. The maximum atomic E-state index is 14.5. The van der Waals surface area contributed by atoms with E-state index in [-0.39, 0.29) is 23.8 Å². The summed E-state index contributed by atoms with van der Waals surface area (Å²) in [7, 11) is -4.20. The molecule has 1 atom stereocenters. The van der Waals surface area contributed by atoms with Crippen LogP contribution in [0.5, 0.6) is 0 Å². The van der Waals surface area contributed by atoms with Crippen molar-refractivity contribution in [3.63, 3.8) is 0 Å². The Morgan fingerprint density at radius 3 is 2.18 bits per heavy atom. The van der Waals surface area contributed by atoms with Gasteiger partial charge in [0.25, 0.3) is 10.0 Å². The van der Waals surface area contributed by atoms with E-state index in [1.54, 1.807) is 25.1 Å². The van der Waals surface area contributed by atoms with Gasteiger partial charge in [-0.05, 0) is 67.3 Å². The average molecular weight is 646 g/mol. The molecule has 0 bridgehead atoms. The maximum absolute atomic E-state index is 14.5. The fourth-order valence-electron chi connectivity index (χ4n) is 5.16. The van der Waals surface area contributed by atoms with Gasteiger partial charge in [0.15, 0.2) is 0 Å². The summed E-state index contributed by atoms with van der Waals surface area (Å²) in [4.78, 5) is 29.9. The summed E-state index contributed by atoms with van der Waals surface area (Å²) in [6, 6.07) is 29.3. The molecule has 0 saturated heterocycles. The number of sulfonamides is 1. The van der Waals surface area contributed by atoms with Crippen molar-refractivity contribution in [2.45, 2.75) is 57.5 Å². The van der Waals surface area contributed by atoms with Crippen LogP contribution in [0.1, 0.15) is 42.0 Å². The summed E-state index contributed by atoms with van der Waals surface area (Å²) in [5.74, 6) is -0.778. The number of anilines is 1. The zero-order valence-corrected chi connectivity index (χ0v) is 27.5. The summed E-state index contributed by atoms with van der Waals surface area (Å²) >= 11 is 6.07. The van der Waals surface area contributed by atoms with E-state index in [0.29, 0.717) is 22.8 Å². The Hall–Kier alpha value is -4.14. The Morgan fingerprint density at radius 1 is 0.844 bits per heavy atom. The Kier molecular flexibility index (Phi) is 11.8. The lowest BCUT2D eigenvalue weighted by molar-refractivity contribution is -0.140. The van der Waals surface area contributed by atoms with Crippen LogP contribution >= 0.6 is 11.6 Å². The Morgan fingerprint density at radius 2 is 1.51 bits per heavy atom. The van der Waals surface area contributed by atoms with Gasteiger partial charge in [-0.1, -0.05) is 103 Å². The molecular formula is C36H40ClN3O4S. The van der Waals surface area contributed by atoms with Crippen LogP contribution in [-0.4, -0.2) is 44.3 Å². The zero-order chi connectivity index (χ0) is 32.4. The Balaban J connectivity index is 1.80. The van der Waals surface area contributed by atoms with Crippen molar-refractivity contribution in [3.05, 3.63) is 130 Å². The van der Waals surface area contributed by atoms with Gasteiger partial charge in [-0.25, -0.2) is 8.42 Å². The van der Waals surface area contributed by atoms with Crippen molar-refractivity contribution in [3.8, 4) is 0 Å². The monoisotopic (exact) mass is 645 g/mol. The second kappa shape index (κ2) is 15.7. The number of amides is 2. The highest BCUT2D eigenvalue weighted by Gasteiger charge is 2.35. The Bertz CT molecular complexity index is 1700. The predicted molar refractivity (Wildman–Crippen MR) is 181 cm³/mol. The van der Waals surface area contributed by atoms with E-state index in [1.165, 1.54) is 29.2 Å². The van der Waals surface area contributed by atoms with Crippen LogP contribution < -0.4 is 9.62 Å². The molecule has 0 aliphatic carbocycles. The molecule has 0 aliphatic heterocycles. The van der Waals surface area contributed by atoms with Crippen molar-refractivity contribution < 1.29 is 18.0 Å². The summed E-state index contributed by atoms with van der Waals surface area (Å²) in [6.45, 7) is 5.91. The number of benzene rings is 4. The first-order valence-electron chi connectivity index (χ1n) is 15.1. The molecule has 0 radical (unpaired) electrons. The molecule has 0 saturated carbocycles. The molecule has 0 unspecified atom stereocenters. The summed E-state index contributed by atoms with van der Waals surface area (Å²) in [5, 5.41) is 3.41. The molecule has 45 heavy (non-hydrogen) atoms. The number of halogens is 1. The minimum absolute atomic E-state index is 0.00586. The number of carbonyl (C=O) groups excluding carboxylic acids is 2. The van der Waals surface area contributed by atoms with E-state index < -0.39 is 28.5 Å². The molecule has 2 amide bonds. The number of rotatable bonds is 14. The zero-order valence-electron chi connectivity index (χ0n) is 25.9. The van der Waals surface area contributed by atoms with Crippen LogP contribution in [0.2, 0.25) is 5.02 Å². The molecule has 0 fully saturated rings. The first-order chi connectivity index (χ1) is 21.6. The van der Waals surface area contributed by atoms with Gasteiger partial charge in [0.1, 0.15) is 12.6 Å². The van der Waals surface area contributed by atoms with Gasteiger partial charge in [0.05, 0.1) is 10.6 Å². The van der Waals surface area contributed by atoms with E-state index in [2.05, 4.69) is 5.32 Å². The number of hydrogen-bond donors (Lipinski definition) is 1. The van der Waals surface area contributed by atoms with Gasteiger partial charge in [0, 0.05) is 24.5 Å². The normalized spacial score (nSPS) is 11.9. The molecular weight excluding hydrogens is 606 g/mol. The minimum Gasteiger partial charge on any atom is -0.354 e. The second-order valence-electron chi connectivity index (χ2n) is 11.1. The maximum Gasteiger partial charge on any atom is 0.264 e. The standard InChI is InChI=1S/C36H40ClN3O4S/c1-4-5-22-38-36(42)34(24-29-14-7-6-8-15-29)39(25-30-16-11-12-27(2)23-30)35(41)26-40(33-17-10-9-13-28(33)3)45(43,44)32-20-18-31(37)19-21-32/h6-21,23,34H,4-5,22,24-26H2,1-3H3,(H,38,42)/t34-/m0/s1. The number of carbonyl (C=O) groups is 2. The summed E-state index contributed by atoms with van der Waals surface area (Å²) < 4.78 is 29.4. The number of para-hydroxylation sites is 1. The summed E-state index contributed by atoms with van der Waals surface area (Å²) in [5.41, 5.74) is 3.80. The van der Waals surface area contributed by atoms with Gasteiger partial charge < -0.3 is 10.2 Å². The van der Waals surface area contributed by atoms with Crippen LogP contribution in [-0.2, 0) is 32.6 Å². The first kappa shape index (κ1) is 33.7. The van der Waals surface area contributed by atoms with Crippen LogP contribution in [0, 0.1) is 13.8 Å². The molecule has 9 heteroatoms. The highest BCUT2D eigenvalue weighted by molar-refractivity contribution is 7.92. The van der Waals surface area contributed by atoms with Gasteiger partial charge in [0.2, 0.25) is 11.8 Å². The topological polar surface area (TPSA) is 86.8 Å². The second-order valence-corrected chi connectivity index (χ2v) is 13.4. The van der Waals surface area contributed by atoms with E-state index >= 15 is 0 Å². The molecule has 4 aromatic rings. The lowest BCUT2D eigenvalue weighted by atomic mass is 10.0. The van der Waals surface area contributed by atoms with Crippen LogP contribution in [0.3, 0.4) is 0 Å². The molecule has 0 spiro atoms. The number of hydrogen-bond acceptors (Lipinski definition) is 4. The summed E-state index contributed by atoms with van der Waals surface area (Å²) in [6.07, 6.45) is 1.98. The molecule has 236 valence electrons. The van der Waals surface area contributed by atoms with Crippen molar-refractivity contribution >= 4 is 39.1 Å². The average Bonchev–Trinajstić information content (AvgIpc) is 3.02. The molecule has 4 rings (SSSR count). The van der Waals surface area contributed by atoms with E-state index in [0.717, 1.165) is 33.8 Å². The van der Waals surface area contributed by atoms with Crippen molar-refractivity contribution in [1.82, 2.24) is 10.2 Å². The van der Waals surface area contributed by atoms with Crippen LogP contribution in [0.25, 0.3) is 0 Å². The predicted octanol–water partition coefficient (Wildman–Crippen LogP) is 6.71. The lowest BCUT2D eigenvalue weighted by Gasteiger charge is -2.34. The number of nitrogens with zero attached hydrogens (tertiary/aromatic N) is 2. The smallest absolute Gasteiger partial charge is 0.264 e. The number of nitrogens with one attached hydrogen (secondary N) is 1. The number of unbranched alkanes of at least 4 members (excludes halogenated alkanes) is 1. The van der Waals surface area contributed by atoms with E-state index in [4.69, 9.17) is 11.6 Å². The molecule has 0 aliphatic rings. The van der Waals surface area contributed by atoms with Crippen molar-refractivity contribution in [2.75, 3.05) is 17.4 Å². The largest absolute Gasteiger partial charge is 0.354 e. The molecule has 0 heterocycles. The van der Waals surface area contributed by atoms with Gasteiger partial charge in [-0.3, -0.25) is 13.9 Å². The fraction of sp³-hybridized carbons (Fsp3) is 0.278. The van der Waals surface area contributed by atoms with Crippen molar-refractivity contribution in [1.29, 1.82) is 0 Å². The Labute approximate surface area is 271 Å². The quantitative estimate of drug-likeness (QED) is 0.155. The van der Waals surface area contributed by atoms with Crippen LogP contribution in [0.4, 0.5) is 5.69 Å². The molecule has 7 nitrogen and oxygen atoms in total. The highest BCUT2D eigenvalue weighted by Crippen LogP contribution is 2.28. The van der Waals surface area contributed by atoms with Gasteiger partial charge >= 0.3 is 0 Å². The third-order valence-corrected chi connectivity index (χ3v) is 9.63. The first-order valence-corrected chi connectivity index (χ1v) is 16.9. The molecule has 4 aromatic carbocycles. The number of aryl methyl sites for hydroxylation is 2. The molecule has 1 N–H and O–H groups in total. The van der Waals surface area contributed by atoms with E-state index in [9.17, 15) is 18.0 Å². The minimum atomic E-state index is -4.20. The lowest BCUT2D eigenvalue weighted by Crippen LogP contribution is -2.53.